The molecule has 0 bridgehead atoms. The number of hydrogen-bond acceptors (Lipinski definition) is 3. The number of carbonyl (C=O) groups excluding carboxylic acids is 1. The molecule has 4 heteroatoms. The quantitative estimate of drug-likeness (QED) is 0.700. The number of thiazole rings is 1. The van der Waals surface area contributed by atoms with E-state index < -0.39 is 0 Å². The van der Waals surface area contributed by atoms with E-state index in [0.29, 0.717) is 4.88 Å². The van der Waals surface area contributed by atoms with Gasteiger partial charge in [0.15, 0.2) is 6.29 Å². The Balaban J connectivity index is 2.27. The first kappa shape index (κ1) is 10.2. The molecule has 1 aromatic carbocycles. The van der Waals surface area contributed by atoms with Gasteiger partial charge in [0, 0.05) is 28.9 Å². The number of nitrogens with one attached hydrogen (secondary N) is 1. The van der Waals surface area contributed by atoms with Crippen LogP contribution in [0.4, 0.5) is 0 Å². The molecule has 0 saturated heterocycles. The molecule has 0 aliphatic rings. The lowest BCUT2D eigenvalue weighted by molar-refractivity contribution is 0.112. The van der Waals surface area contributed by atoms with Crippen LogP contribution >= 0.6 is 11.3 Å². The fourth-order valence-electron chi connectivity index (χ4n) is 2.00. The minimum atomic E-state index is 0.655. The molecule has 0 amide bonds. The number of aromatic amines is 1. The van der Waals surface area contributed by atoms with E-state index >= 15 is 0 Å². The summed E-state index contributed by atoms with van der Waals surface area (Å²) in [5, 5.41) is 2.06. The van der Waals surface area contributed by atoms with Crippen molar-refractivity contribution in [1.29, 1.82) is 0 Å². The highest BCUT2D eigenvalue weighted by Crippen LogP contribution is 2.32. The van der Waals surface area contributed by atoms with E-state index in [1.54, 1.807) is 6.20 Å². The van der Waals surface area contributed by atoms with E-state index in [0.717, 1.165) is 22.4 Å². The average molecular weight is 242 g/mol. The van der Waals surface area contributed by atoms with Crippen LogP contribution in [0.3, 0.4) is 0 Å². The topological polar surface area (TPSA) is 45.8 Å². The zero-order chi connectivity index (χ0) is 11.8. The van der Waals surface area contributed by atoms with Gasteiger partial charge in [0.1, 0.15) is 5.01 Å². The third-order valence-corrected chi connectivity index (χ3v) is 3.74. The molecule has 2 aromatic heterocycles. The number of fused-ring (bicyclic) bond motifs is 1. The second-order valence-electron chi connectivity index (χ2n) is 3.89. The maximum Gasteiger partial charge on any atom is 0.161 e. The third-order valence-electron chi connectivity index (χ3n) is 2.78. The number of aldehydes is 1. The zero-order valence-corrected chi connectivity index (χ0v) is 10.0. The van der Waals surface area contributed by atoms with E-state index in [1.165, 1.54) is 22.3 Å². The molecular formula is C13H10N2OS. The van der Waals surface area contributed by atoms with Crippen molar-refractivity contribution < 1.29 is 4.79 Å². The molecule has 84 valence electrons. The molecule has 0 saturated carbocycles. The number of carbonyl (C=O) groups is 1. The third kappa shape index (κ3) is 1.57. The van der Waals surface area contributed by atoms with Crippen LogP contribution in [0.2, 0.25) is 0 Å². The van der Waals surface area contributed by atoms with E-state index in [9.17, 15) is 4.79 Å². The van der Waals surface area contributed by atoms with Gasteiger partial charge in [-0.05, 0) is 18.6 Å². The Bertz CT molecular complexity index is 696. The Hall–Kier alpha value is -1.94. The number of rotatable bonds is 2. The molecule has 3 aromatic rings. The highest BCUT2D eigenvalue weighted by Gasteiger charge is 2.11. The van der Waals surface area contributed by atoms with Gasteiger partial charge >= 0.3 is 0 Å². The number of benzene rings is 1. The van der Waals surface area contributed by atoms with Gasteiger partial charge < -0.3 is 4.98 Å². The van der Waals surface area contributed by atoms with E-state index in [2.05, 4.69) is 23.0 Å². The summed E-state index contributed by atoms with van der Waals surface area (Å²) in [5.74, 6) is 0. The monoisotopic (exact) mass is 242 g/mol. The summed E-state index contributed by atoms with van der Waals surface area (Å²) in [5.41, 5.74) is 3.38. The average Bonchev–Trinajstić information content (AvgIpc) is 2.94. The fourth-order valence-corrected chi connectivity index (χ4v) is 2.76. The summed E-state index contributed by atoms with van der Waals surface area (Å²) in [6, 6.07) is 6.14. The van der Waals surface area contributed by atoms with Crippen LogP contribution in [0.5, 0.6) is 0 Å². The minimum Gasteiger partial charge on any atom is -0.360 e. The van der Waals surface area contributed by atoms with Gasteiger partial charge in [-0.15, -0.1) is 11.3 Å². The van der Waals surface area contributed by atoms with Crippen molar-refractivity contribution in [1.82, 2.24) is 9.97 Å². The molecule has 0 aliphatic carbocycles. The second kappa shape index (κ2) is 3.82. The standard InChI is InChI=1S/C13H10N2OS/c1-8-3-2-4-11-12(8)10(6-14-11)13-15-5-9(7-16)17-13/h2-7,14H,1H3. The molecule has 17 heavy (non-hydrogen) atoms. The molecule has 2 heterocycles. The summed E-state index contributed by atoms with van der Waals surface area (Å²) in [6.07, 6.45) is 4.40. The van der Waals surface area contributed by atoms with Gasteiger partial charge in [-0.1, -0.05) is 12.1 Å². The molecule has 0 unspecified atom stereocenters. The van der Waals surface area contributed by atoms with Crippen LogP contribution in [0.1, 0.15) is 15.2 Å². The normalized spacial score (nSPS) is 10.9. The molecule has 0 spiro atoms. The van der Waals surface area contributed by atoms with Crippen molar-refractivity contribution >= 4 is 28.5 Å². The largest absolute Gasteiger partial charge is 0.360 e. The van der Waals surface area contributed by atoms with E-state index in [-0.39, 0.29) is 0 Å². The summed E-state index contributed by atoms with van der Waals surface area (Å²) in [6.45, 7) is 2.08. The van der Waals surface area contributed by atoms with E-state index in [1.807, 2.05) is 18.3 Å². The first-order valence-corrected chi connectivity index (χ1v) is 6.09. The molecule has 0 radical (unpaired) electrons. The fraction of sp³-hybridized carbons (Fsp3) is 0.0769. The molecule has 3 nitrogen and oxygen atoms in total. The van der Waals surface area contributed by atoms with Gasteiger partial charge in [-0.3, -0.25) is 4.79 Å². The first-order valence-electron chi connectivity index (χ1n) is 5.27. The molecule has 0 fully saturated rings. The van der Waals surface area contributed by atoms with Crippen molar-refractivity contribution in [3.05, 3.63) is 41.0 Å². The summed E-state index contributed by atoms with van der Waals surface area (Å²) >= 11 is 1.41. The Morgan fingerprint density at radius 2 is 2.29 bits per heavy atom. The van der Waals surface area contributed by atoms with Crippen LogP contribution in [-0.4, -0.2) is 16.3 Å². The van der Waals surface area contributed by atoms with Crippen LogP contribution in [0.25, 0.3) is 21.5 Å². The van der Waals surface area contributed by atoms with Gasteiger partial charge in [-0.25, -0.2) is 4.98 Å². The number of hydrogen-bond donors (Lipinski definition) is 1. The Morgan fingerprint density at radius 1 is 1.41 bits per heavy atom. The lowest BCUT2D eigenvalue weighted by atomic mass is 10.1. The number of H-pyrrole nitrogens is 1. The molecule has 0 atom stereocenters. The predicted molar refractivity (Wildman–Crippen MR) is 69.5 cm³/mol. The van der Waals surface area contributed by atoms with Gasteiger partial charge in [0.2, 0.25) is 0 Å². The summed E-state index contributed by atoms with van der Waals surface area (Å²) < 4.78 is 0. The second-order valence-corrected chi connectivity index (χ2v) is 4.95. The zero-order valence-electron chi connectivity index (χ0n) is 9.23. The highest BCUT2D eigenvalue weighted by atomic mass is 32.1. The number of nitrogens with zero attached hydrogens (tertiary/aromatic N) is 1. The highest BCUT2D eigenvalue weighted by molar-refractivity contribution is 7.16. The van der Waals surface area contributed by atoms with E-state index in [4.69, 9.17) is 0 Å². The SMILES string of the molecule is Cc1cccc2[nH]cc(-c3ncc(C=O)s3)c12. The Kier molecular flexibility index (Phi) is 2.30. The van der Waals surface area contributed by atoms with Crippen molar-refractivity contribution in [2.75, 3.05) is 0 Å². The van der Waals surface area contributed by atoms with Crippen molar-refractivity contribution in [2.24, 2.45) is 0 Å². The van der Waals surface area contributed by atoms with Crippen LogP contribution in [-0.2, 0) is 0 Å². The number of aromatic nitrogens is 2. The predicted octanol–water partition coefficient (Wildman–Crippen LogP) is 3.41. The van der Waals surface area contributed by atoms with Gasteiger partial charge in [0.25, 0.3) is 0 Å². The van der Waals surface area contributed by atoms with Crippen molar-refractivity contribution in [2.45, 2.75) is 6.92 Å². The molecule has 1 N–H and O–H groups in total. The Morgan fingerprint density at radius 3 is 3.06 bits per heavy atom. The lowest BCUT2D eigenvalue weighted by Gasteiger charge is -1.98. The summed E-state index contributed by atoms with van der Waals surface area (Å²) in [4.78, 5) is 18.9. The van der Waals surface area contributed by atoms with Crippen molar-refractivity contribution in [3.63, 3.8) is 0 Å². The summed E-state index contributed by atoms with van der Waals surface area (Å²) in [7, 11) is 0. The van der Waals surface area contributed by atoms with Gasteiger partial charge in [0.05, 0.1) is 4.88 Å². The van der Waals surface area contributed by atoms with Crippen molar-refractivity contribution in [3.8, 4) is 10.6 Å². The Labute approximate surface area is 102 Å². The number of aryl methyl sites for hydroxylation is 1. The maximum atomic E-state index is 10.7. The van der Waals surface area contributed by atoms with Crippen LogP contribution in [0, 0.1) is 6.92 Å². The van der Waals surface area contributed by atoms with Crippen LogP contribution < -0.4 is 0 Å². The smallest absolute Gasteiger partial charge is 0.161 e. The van der Waals surface area contributed by atoms with Crippen LogP contribution in [0.15, 0.2) is 30.6 Å². The van der Waals surface area contributed by atoms with Gasteiger partial charge in [-0.2, -0.15) is 0 Å². The first-order chi connectivity index (χ1) is 8.29. The maximum absolute atomic E-state index is 10.7. The lowest BCUT2D eigenvalue weighted by Crippen LogP contribution is -1.77. The molecular weight excluding hydrogens is 232 g/mol. The molecule has 0 aliphatic heterocycles. The minimum absolute atomic E-state index is 0.655. The molecule has 3 rings (SSSR count).